The second-order valence-corrected chi connectivity index (χ2v) is 8.13. The zero-order valence-corrected chi connectivity index (χ0v) is 19.5. The molecule has 8 heteroatoms. The van der Waals surface area contributed by atoms with Crippen LogP contribution >= 0.6 is 0 Å². The van der Waals surface area contributed by atoms with Crippen molar-refractivity contribution in [3.8, 4) is 16.9 Å². The van der Waals surface area contributed by atoms with Gasteiger partial charge < -0.3 is 25.1 Å². The topological polar surface area (TPSA) is 96.8 Å². The van der Waals surface area contributed by atoms with E-state index in [9.17, 15) is 9.59 Å². The Bertz CT molecular complexity index is 1340. The SMILES string of the molecule is CNC(=O)Nc1cc(-c2cccc(NC(=O)c3ccc(OC(C)C)cc3)c2C)cn2ccnc12. The molecule has 3 N–H and O–H groups in total. The number of aromatic nitrogens is 2. The molecule has 0 atom stereocenters. The first-order valence-corrected chi connectivity index (χ1v) is 11.0. The van der Waals surface area contributed by atoms with Crippen molar-refractivity contribution in [1.82, 2.24) is 14.7 Å². The lowest BCUT2D eigenvalue weighted by Crippen LogP contribution is -2.24. The van der Waals surface area contributed by atoms with Crippen LogP contribution in [0.4, 0.5) is 16.2 Å². The van der Waals surface area contributed by atoms with Gasteiger partial charge in [0.25, 0.3) is 5.91 Å². The number of nitrogens with one attached hydrogen (secondary N) is 3. The highest BCUT2D eigenvalue weighted by atomic mass is 16.5. The fraction of sp³-hybridized carbons (Fsp3) is 0.192. The maximum atomic E-state index is 12.9. The molecule has 8 nitrogen and oxygen atoms in total. The van der Waals surface area contributed by atoms with Crippen LogP contribution in [0.5, 0.6) is 5.75 Å². The van der Waals surface area contributed by atoms with E-state index in [1.165, 1.54) is 0 Å². The van der Waals surface area contributed by atoms with Crippen molar-refractivity contribution in [2.45, 2.75) is 26.9 Å². The van der Waals surface area contributed by atoms with Crippen LogP contribution in [0.15, 0.2) is 67.1 Å². The van der Waals surface area contributed by atoms with E-state index in [0.29, 0.717) is 22.6 Å². The highest BCUT2D eigenvalue weighted by molar-refractivity contribution is 6.05. The number of carbonyl (C=O) groups is 2. The minimum absolute atomic E-state index is 0.0682. The van der Waals surface area contributed by atoms with Gasteiger partial charge in [0.2, 0.25) is 0 Å². The number of nitrogens with zero attached hydrogens (tertiary/aromatic N) is 2. The Kier molecular flexibility index (Phi) is 6.49. The van der Waals surface area contributed by atoms with E-state index in [4.69, 9.17) is 4.74 Å². The van der Waals surface area contributed by atoms with Crippen molar-refractivity contribution < 1.29 is 14.3 Å². The van der Waals surface area contributed by atoms with E-state index >= 15 is 0 Å². The monoisotopic (exact) mass is 457 g/mol. The number of pyridine rings is 1. The number of amides is 3. The van der Waals surface area contributed by atoms with E-state index < -0.39 is 0 Å². The van der Waals surface area contributed by atoms with E-state index in [1.807, 2.05) is 61.8 Å². The van der Waals surface area contributed by atoms with Crippen molar-refractivity contribution in [1.29, 1.82) is 0 Å². The van der Waals surface area contributed by atoms with Gasteiger partial charge in [-0.05, 0) is 68.3 Å². The zero-order valence-electron chi connectivity index (χ0n) is 19.5. The number of ether oxygens (including phenoxy) is 1. The largest absolute Gasteiger partial charge is 0.491 e. The van der Waals surface area contributed by atoms with Crippen LogP contribution in [0.1, 0.15) is 29.8 Å². The molecule has 0 aliphatic heterocycles. The molecule has 0 aliphatic rings. The van der Waals surface area contributed by atoms with Crippen LogP contribution in [0.2, 0.25) is 0 Å². The van der Waals surface area contributed by atoms with Crippen LogP contribution in [0.3, 0.4) is 0 Å². The normalized spacial score (nSPS) is 10.9. The molecule has 0 saturated heterocycles. The van der Waals surface area contributed by atoms with Gasteiger partial charge in [0, 0.05) is 42.5 Å². The third-order valence-electron chi connectivity index (χ3n) is 5.34. The van der Waals surface area contributed by atoms with Gasteiger partial charge in [-0.2, -0.15) is 0 Å². The predicted molar refractivity (Wildman–Crippen MR) is 134 cm³/mol. The Morgan fingerprint density at radius 3 is 2.50 bits per heavy atom. The number of anilines is 2. The van der Waals surface area contributed by atoms with Crippen molar-refractivity contribution in [2.24, 2.45) is 0 Å². The fourth-order valence-corrected chi connectivity index (χ4v) is 3.69. The van der Waals surface area contributed by atoms with Gasteiger partial charge in [-0.1, -0.05) is 12.1 Å². The zero-order chi connectivity index (χ0) is 24.2. The van der Waals surface area contributed by atoms with Crippen LogP contribution in [0.25, 0.3) is 16.8 Å². The molecule has 2 aromatic heterocycles. The van der Waals surface area contributed by atoms with E-state index in [0.717, 1.165) is 22.4 Å². The first-order valence-electron chi connectivity index (χ1n) is 11.0. The van der Waals surface area contributed by atoms with Crippen LogP contribution < -0.4 is 20.7 Å². The minimum atomic E-state index is -0.329. The molecule has 0 saturated carbocycles. The lowest BCUT2D eigenvalue weighted by Gasteiger charge is -2.15. The molecule has 0 aliphatic carbocycles. The molecule has 3 amide bonds. The highest BCUT2D eigenvalue weighted by Crippen LogP contribution is 2.32. The average Bonchev–Trinajstić information content (AvgIpc) is 3.29. The number of urea groups is 1. The highest BCUT2D eigenvalue weighted by Gasteiger charge is 2.14. The Morgan fingerprint density at radius 1 is 1.03 bits per heavy atom. The second kappa shape index (κ2) is 9.66. The maximum Gasteiger partial charge on any atom is 0.319 e. The van der Waals surface area contributed by atoms with Gasteiger partial charge >= 0.3 is 6.03 Å². The first kappa shape index (κ1) is 22.8. The van der Waals surface area contributed by atoms with Gasteiger partial charge in [0.15, 0.2) is 5.65 Å². The molecule has 174 valence electrons. The number of imidazole rings is 1. The third-order valence-corrected chi connectivity index (χ3v) is 5.34. The molecule has 0 bridgehead atoms. The van der Waals surface area contributed by atoms with Gasteiger partial charge in [-0.3, -0.25) is 4.79 Å². The minimum Gasteiger partial charge on any atom is -0.491 e. The quantitative estimate of drug-likeness (QED) is 0.375. The number of fused-ring (bicyclic) bond motifs is 1. The Balaban J connectivity index is 1.63. The van der Waals surface area contributed by atoms with Crippen molar-refractivity contribution >= 4 is 29.0 Å². The summed E-state index contributed by atoms with van der Waals surface area (Å²) in [6.45, 7) is 5.87. The summed E-state index contributed by atoms with van der Waals surface area (Å²) in [6, 6.07) is 14.4. The Hall–Kier alpha value is -4.33. The van der Waals surface area contributed by atoms with Crippen LogP contribution in [-0.2, 0) is 0 Å². The van der Waals surface area contributed by atoms with Crippen molar-refractivity contribution in [3.63, 3.8) is 0 Å². The molecule has 0 fully saturated rings. The summed E-state index contributed by atoms with van der Waals surface area (Å²) in [6.07, 6.45) is 5.51. The molecule has 2 aromatic carbocycles. The summed E-state index contributed by atoms with van der Waals surface area (Å²) in [5, 5.41) is 8.39. The summed E-state index contributed by atoms with van der Waals surface area (Å²) in [5.74, 6) is 0.518. The molecular formula is C26H27N5O3. The molecule has 4 rings (SSSR count). The van der Waals surface area contributed by atoms with Gasteiger partial charge in [-0.15, -0.1) is 0 Å². The molecule has 2 heterocycles. The molecular weight excluding hydrogens is 430 g/mol. The van der Waals surface area contributed by atoms with Gasteiger partial charge in [-0.25, -0.2) is 9.78 Å². The molecule has 4 aromatic rings. The Labute approximate surface area is 198 Å². The standard InChI is InChI=1S/C26H27N5O3/c1-16(2)34-20-10-8-18(9-11-20)25(32)29-22-7-5-6-21(17(22)3)19-14-23(30-26(33)27-4)24-28-12-13-31(24)15-19/h5-16H,1-4H3,(H,29,32)(H2,27,30,33). The molecule has 0 spiro atoms. The lowest BCUT2D eigenvalue weighted by atomic mass is 10.00. The van der Waals surface area contributed by atoms with E-state index in [2.05, 4.69) is 20.9 Å². The summed E-state index contributed by atoms with van der Waals surface area (Å²) < 4.78 is 7.50. The number of hydrogen-bond acceptors (Lipinski definition) is 4. The maximum absolute atomic E-state index is 12.9. The molecule has 34 heavy (non-hydrogen) atoms. The average molecular weight is 458 g/mol. The van der Waals surface area contributed by atoms with E-state index in [-0.39, 0.29) is 18.0 Å². The van der Waals surface area contributed by atoms with Gasteiger partial charge in [0.1, 0.15) is 5.75 Å². The summed E-state index contributed by atoms with van der Waals surface area (Å²) in [7, 11) is 1.56. The first-order chi connectivity index (χ1) is 16.4. The summed E-state index contributed by atoms with van der Waals surface area (Å²) >= 11 is 0. The smallest absolute Gasteiger partial charge is 0.319 e. The number of benzene rings is 2. The predicted octanol–water partition coefficient (Wildman–Crippen LogP) is 5.10. The third kappa shape index (κ3) is 4.85. The second-order valence-electron chi connectivity index (χ2n) is 8.13. The van der Waals surface area contributed by atoms with Crippen LogP contribution in [-0.4, -0.2) is 34.5 Å². The fourth-order valence-electron chi connectivity index (χ4n) is 3.69. The number of rotatable bonds is 6. The number of hydrogen-bond donors (Lipinski definition) is 3. The molecule has 0 unspecified atom stereocenters. The van der Waals surface area contributed by atoms with Crippen molar-refractivity contribution in [2.75, 3.05) is 17.7 Å². The van der Waals surface area contributed by atoms with Crippen LogP contribution in [0, 0.1) is 6.92 Å². The summed E-state index contributed by atoms with van der Waals surface area (Å²) in [4.78, 5) is 29.1. The summed E-state index contributed by atoms with van der Waals surface area (Å²) in [5.41, 5.74) is 5.17. The Morgan fingerprint density at radius 2 is 1.79 bits per heavy atom. The van der Waals surface area contributed by atoms with Gasteiger partial charge in [0.05, 0.1) is 11.8 Å². The van der Waals surface area contributed by atoms with Crippen molar-refractivity contribution in [3.05, 3.63) is 78.2 Å². The van der Waals surface area contributed by atoms with E-state index in [1.54, 1.807) is 37.5 Å². The lowest BCUT2D eigenvalue weighted by molar-refractivity contribution is 0.102. The molecule has 0 radical (unpaired) electrons. The number of carbonyl (C=O) groups excluding carboxylic acids is 2.